The molecule has 0 amide bonds. The van der Waals surface area contributed by atoms with E-state index in [4.69, 9.17) is 23.8 Å². The minimum atomic E-state index is -4.60. The number of carbonyl (C=O) groups is 2. The third-order valence-corrected chi connectivity index (χ3v) is 9.24. The van der Waals surface area contributed by atoms with Crippen LogP contribution in [0.1, 0.15) is 144 Å². The van der Waals surface area contributed by atoms with Crippen molar-refractivity contribution in [3.63, 3.8) is 0 Å². The molecule has 16 heteroatoms. The molecule has 0 aliphatic rings. The number of ether oxygens (including phenoxy) is 2. The lowest BCUT2D eigenvalue weighted by molar-refractivity contribution is -0.148. The first-order chi connectivity index (χ1) is 24.2. The molecule has 0 saturated carbocycles. The van der Waals surface area contributed by atoms with Gasteiger partial charge in [-0.1, -0.05) is 136 Å². The Morgan fingerprint density at radius 1 is 0.642 bits per heavy atom. The highest BCUT2D eigenvalue weighted by Crippen LogP contribution is 2.38. The summed E-state index contributed by atoms with van der Waals surface area (Å²) in [6, 6.07) is 9.30. The van der Waals surface area contributed by atoms with E-state index in [1.807, 2.05) is 30.3 Å². The van der Waals surface area contributed by atoms with Gasteiger partial charge in [0, 0.05) is 18.9 Å². The Kier molecular flexibility index (Phi) is 36.5. The van der Waals surface area contributed by atoms with Gasteiger partial charge in [0.25, 0.3) is 0 Å². The molecule has 4 atom stereocenters. The molecule has 0 heterocycles. The largest absolute Gasteiger partial charge is 0.469 e. The Balaban J connectivity index is -0.000000965. The molecule has 0 bridgehead atoms. The van der Waals surface area contributed by atoms with Crippen LogP contribution in [0, 0.1) is 0 Å². The van der Waals surface area contributed by atoms with E-state index in [-0.39, 0.29) is 40.1 Å². The average molecular weight is 802 g/mol. The minimum absolute atomic E-state index is 0. The number of rotatable bonds is 30. The first kappa shape index (κ1) is 55.6. The third kappa shape index (κ3) is 38.4. The molecular formula is C37H73NO13P2. The van der Waals surface area contributed by atoms with Crippen molar-refractivity contribution < 1.29 is 62.1 Å². The maximum absolute atomic E-state index is 12.1. The summed E-state index contributed by atoms with van der Waals surface area (Å²) in [6.45, 7) is 4.57. The molecular weight excluding hydrogens is 728 g/mol. The lowest BCUT2D eigenvalue weighted by Gasteiger charge is -2.20. The van der Waals surface area contributed by atoms with Crippen LogP contribution in [0.25, 0.3) is 0 Å². The molecule has 0 aliphatic heterocycles. The van der Waals surface area contributed by atoms with E-state index in [9.17, 15) is 33.8 Å². The number of esters is 2. The van der Waals surface area contributed by atoms with E-state index in [1.165, 1.54) is 51.4 Å². The molecule has 0 saturated heterocycles. The zero-order valence-corrected chi connectivity index (χ0v) is 32.7. The average Bonchev–Trinajstić information content (AvgIpc) is 3.07. The van der Waals surface area contributed by atoms with Crippen molar-refractivity contribution in [3.05, 3.63) is 35.9 Å². The Hall–Kier alpha value is -1.70. The van der Waals surface area contributed by atoms with Gasteiger partial charge in [-0.05, 0) is 31.7 Å². The number of aliphatic hydroxyl groups is 2. The molecule has 53 heavy (non-hydrogen) atoms. The van der Waals surface area contributed by atoms with E-state index in [2.05, 4.69) is 23.5 Å². The van der Waals surface area contributed by atoms with Crippen LogP contribution in [0.5, 0.6) is 0 Å². The van der Waals surface area contributed by atoms with Gasteiger partial charge in [0.05, 0.1) is 13.2 Å². The molecule has 1 aromatic rings. The molecule has 4 unspecified atom stereocenters. The fourth-order valence-corrected chi connectivity index (χ4v) is 6.23. The molecule has 1 rings (SSSR count). The predicted molar refractivity (Wildman–Crippen MR) is 209 cm³/mol. The van der Waals surface area contributed by atoms with Crippen LogP contribution in [0.2, 0.25) is 0 Å². The molecule has 0 fully saturated rings. The Bertz CT molecular complexity index is 1110. The standard InChI is InChI=1S/C22H38NO6P.C13H27O7P.2CH4/c1-3-4-5-6-7-8-12-15-22(25)28-17-21(24)18-29-30(26,27)23-19(2)16-20-13-10-9-11-14-20;1-2-3-4-5-6-7-8-9-13(15)19-10-12(14)11-20-21(16,17)18;;/h9-11,13-14,19,21,24H,3-8,12,15-18H2,1-2H3,(H2,23,26,27);12,14H,2-11H2,1H3,(H2,16,17,18);2*1H4. The SMILES string of the molecule is C.C.CCCCCCCCCC(=O)OCC(O)COP(=O)(O)NC(C)Cc1ccccc1.CCCCCCCCCC(=O)OCC(O)COP(=O)(O)O. The van der Waals surface area contributed by atoms with E-state index in [0.717, 1.165) is 44.1 Å². The zero-order chi connectivity index (χ0) is 38.4. The molecule has 0 aliphatic carbocycles. The number of unbranched alkanes of at least 4 members (excludes halogenated alkanes) is 12. The monoisotopic (exact) mass is 801 g/mol. The number of phosphoric ester groups is 1. The highest BCUT2D eigenvalue weighted by molar-refractivity contribution is 7.50. The van der Waals surface area contributed by atoms with Gasteiger partial charge in [-0.2, -0.15) is 0 Å². The van der Waals surface area contributed by atoms with Gasteiger partial charge in [0.2, 0.25) is 0 Å². The number of carbonyl (C=O) groups excluding carboxylic acids is 2. The van der Waals surface area contributed by atoms with Crippen molar-refractivity contribution in [3.8, 4) is 0 Å². The number of hydrogen-bond donors (Lipinski definition) is 6. The van der Waals surface area contributed by atoms with Crippen LogP contribution in [0.15, 0.2) is 30.3 Å². The fraction of sp³-hybridized carbons (Fsp3) is 0.784. The van der Waals surface area contributed by atoms with Crippen LogP contribution in [0.3, 0.4) is 0 Å². The van der Waals surface area contributed by atoms with Gasteiger partial charge >= 0.3 is 27.5 Å². The summed E-state index contributed by atoms with van der Waals surface area (Å²) < 4.78 is 41.4. The molecule has 314 valence electrons. The summed E-state index contributed by atoms with van der Waals surface area (Å²) in [6.07, 6.45) is 14.2. The molecule has 14 nitrogen and oxygen atoms in total. The van der Waals surface area contributed by atoms with Crippen molar-refractivity contribution in [2.45, 2.75) is 163 Å². The number of benzene rings is 1. The van der Waals surface area contributed by atoms with Crippen molar-refractivity contribution in [1.29, 1.82) is 0 Å². The topological polar surface area (TPSA) is 218 Å². The number of nitrogens with one attached hydrogen (secondary N) is 1. The summed E-state index contributed by atoms with van der Waals surface area (Å²) in [5, 5.41) is 21.7. The lowest BCUT2D eigenvalue weighted by Crippen LogP contribution is -2.29. The van der Waals surface area contributed by atoms with Crippen molar-refractivity contribution in [2.24, 2.45) is 0 Å². The lowest BCUT2D eigenvalue weighted by atomic mass is 10.1. The van der Waals surface area contributed by atoms with Crippen LogP contribution < -0.4 is 5.09 Å². The Morgan fingerprint density at radius 3 is 1.45 bits per heavy atom. The normalized spacial score (nSPS) is 13.9. The van der Waals surface area contributed by atoms with Crippen LogP contribution in [-0.2, 0) is 43.7 Å². The summed E-state index contributed by atoms with van der Waals surface area (Å²) in [7, 11) is -8.67. The highest BCUT2D eigenvalue weighted by atomic mass is 31.2. The van der Waals surface area contributed by atoms with E-state index >= 15 is 0 Å². The van der Waals surface area contributed by atoms with Gasteiger partial charge in [-0.15, -0.1) is 0 Å². The first-order valence-corrected chi connectivity index (χ1v) is 21.4. The van der Waals surface area contributed by atoms with Crippen LogP contribution >= 0.6 is 15.6 Å². The van der Waals surface area contributed by atoms with E-state index in [0.29, 0.717) is 19.3 Å². The zero-order valence-electron chi connectivity index (χ0n) is 30.9. The van der Waals surface area contributed by atoms with Crippen molar-refractivity contribution >= 4 is 27.5 Å². The maximum atomic E-state index is 12.1. The Morgan fingerprint density at radius 2 is 1.04 bits per heavy atom. The number of hydrogen-bond acceptors (Lipinski definition) is 10. The summed E-state index contributed by atoms with van der Waals surface area (Å²) in [4.78, 5) is 49.9. The van der Waals surface area contributed by atoms with Crippen molar-refractivity contribution in [2.75, 3.05) is 26.4 Å². The molecule has 0 radical (unpaired) electrons. The predicted octanol–water partition coefficient (Wildman–Crippen LogP) is 7.78. The third-order valence-electron chi connectivity index (χ3n) is 7.49. The van der Waals surface area contributed by atoms with E-state index < -0.39 is 47.0 Å². The van der Waals surface area contributed by atoms with Crippen LogP contribution in [0.4, 0.5) is 0 Å². The van der Waals surface area contributed by atoms with Gasteiger partial charge in [0.1, 0.15) is 25.4 Å². The second-order valence-corrected chi connectivity index (χ2v) is 15.5. The second-order valence-electron chi connectivity index (χ2n) is 12.7. The fourth-order valence-electron chi connectivity index (χ4n) is 4.77. The van der Waals surface area contributed by atoms with Crippen molar-refractivity contribution in [1.82, 2.24) is 5.09 Å². The van der Waals surface area contributed by atoms with Gasteiger partial charge in [-0.3, -0.25) is 18.6 Å². The molecule has 6 N–H and O–H groups in total. The summed E-state index contributed by atoms with van der Waals surface area (Å²) in [5.41, 5.74) is 1.03. The second kappa shape index (κ2) is 34.8. The molecule has 0 aromatic heterocycles. The minimum Gasteiger partial charge on any atom is -0.463 e. The highest BCUT2D eigenvalue weighted by Gasteiger charge is 2.24. The molecule has 1 aromatic carbocycles. The number of aliphatic hydroxyl groups excluding tert-OH is 2. The van der Waals surface area contributed by atoms with Gasteiger partial charge in [0.15, 0.2) is 0 Å². The van der Waals surface area contributed by atoms with E-state index in [1.54, 1.807) is 6.92 Å². The van der Waals surface area contributed by atoms with Gasteiger partial charge in [-0.25, -0.2) is 14.2 Å². The van der Waals surface area contributed by atoms with Crippen LogP contribution in [-0.4, -0.2) is 81.5 Å². The summed E-state index contributed by atoms with van der Waals surface area (Å²) >= 11 is 0. The number of phosphoric acid groups is 1. The summed E-state index contributed by atoms with van der Waals surface area (Å²) in [5.74, 6) is -0.789. The maximum Gasteiger partial charge on any atom is 0.469 e. The molecule has 0 spiro atoms. The quantitative estimate of drug-likeness (QED) is 0.0249. The van der Waals surface area contributed by atoms with Gasteiger partial charge < -0.3 is 34.4 Å². The Labute approximate surface area is 319 Å². The first-order valence-electron chi connectivity index (χ1n) is 18.3. The smallest absolute Gasteiger partial charge is 0.463 e.